The summed E-state index contributed by atoms with van der Waals surface area (Å²) in [6.07, 6.45) is 4.54. The number of carbonyl (C=O) groups excluding carboxylic acids is 3. The van der Waals surface area contributed by atoms with Gasteiger partial charge in [-0.1, -0.05) is 35.2 Å². The molecule has 0 atom stereocenters. The van der Waals surface area contributed by atoms with E-state index in [1.54, 1.807) is 0 Å². The van der Waals surface area contributed by atoms with Gasteiger partial charge >= 0.3 is 12.0 Å². The zero-order valence-corrected chi connectivity index (χ0v) is 16.9. The van der Waals surface area contributed by atoms with Gasteiger partial charge < -0.3 is 14.5 Å². The zero-order chi connectivity index (χ0) is 19.7. The molecule has 0 bridgehead atoms. The Labute approximate surface area is 170 Å². The van der Waals surface area contributed by atoms with Gasteiger partial charge in [0.05, 0.1) is 6.61 Å². The number of hydrogen-bond acceptors (Lipinski definition) is 5. The van der Waals surface area contributed by atoms with Gasteiger partial charge in [-0.15, -0.1) is 0 Å². The first kappa shape index (κ1) is 19.0. The van der Waals surface area contributed by atoms with Crippen molar-refractivity contribution in [3.8, 4) is 0 Å². The number of rotatable bonds is 5. The Kier molecular flexibility index (Phi) is 5.14. The van der Waals surface area contributed by atoms with Gasteiger partial charge in [-0.3, -0.25) is 14.5 Å². The molecule has 8 heteroatoms. The fraction of sp³-hybridized carbons (Fsp3) is 0.450. The molecule has 0 unspecified atom stereocenters. The van der Waals surface area contributed by atoms with Crippen LogP contribution in [0.15, 0.2) is 33.2 Å². The van der Waals surface area contributed by atoms with Crippen LogP contribution in [0.5, 0.6) is 0 Å². The Balaban J connectivity index is 1.30. The molecule has 1 aliphatic heterocycles. The van der Waals surface area contributed by atoms with E-state index in [1.807, 2.05) is 24.3 Å². The lowest BCUT2D eigenvalue weighted by atomic mass is 9.82. The second-order valence-corrected chi connectivity index (χ2v) is 8.25. The molecule has 1 saturated heterocycles. The van der Waals surface area contributed by atoms with E-state index in [9.17, 15) is 14.4 Å². The van der Waals surface area contributed by atoms with Crippen LogP contribution in [0.2, 0.25) is 0 Å². The number of benzene rings is 1. The Morgan fingerprint density at radius 3 is 2.79 bits per heavy atom. The van der Waals surface area contributed by atoms with Gasteiger partial charge in [0.1, 0.15) is 23.4 Å². The van der Waals surface area contributed by atoms with Crippen LogP contribution in [0.3, 0.4) is 0 Å². The largest absolute Gasteiger partial charge is 0.464 e. The summed E-state index contributed by atoms with van der Waals surface area (Å²) in [7, 11) is 0. The molecular formula is C20H21BrN2O5. The van der Waals surface area contributed by atoms with E-state index in [1.165, 1.54) is 0 Å². The van der Waals surface area contributed by atoms with Crippen molar-refractivity contribution in [3.63, 3.8) is 0 Å². The molecule has 148 valence electrons. The number of carbonyl (C=O) groups is 3. The first-order valence-electron chi connectivity index (χ1n) is 9.45. The number of hydrogen-bond donors (Lipinski definition) is 1. The highest BCUT2D eigenvalue weighted by atomic mass is 79.9. The molecule has 7 nitrogen and oxygen atoms in total. The monoisotopic (exact) mass is 448 g/mol. The first-order chi connectivity index (χ1) is 13.5. The van der Waals surface area contributed by atoms with Crippen LogP contribution >= 0.6 is 15.9 Å². The van der Waals surface area contributed by atoms with Crippen molar-refractivity contribution in [2.45, 2.75) is 44.1 Å². The molecule has 0 radical (unpaired) electrons. The van der Waals surface area contributed by atoms with Crippen molar-refractivity contribution in [3.05, 3.63) is 34.5 Å². The molecule has 1 aliphatic carbocycles. The number of esters is 1. The minimum absolute atomic E-state index is 0.120. The van der Waals surface area contributed by atoms with Crippen molar-refractivity contribution in [2.24, 2.45) is 0 Å². The van der Waals surface area contributed by atoms with Crippen LogP contribution in [0.25, 0.3) is 11.0 Å². The number of amides is 3. The molecule has 4 rings (SSSR count). The summed E-state index contributed by atoms with van der Waals surface area (Å²) in [5.74, 6) is -0.204. The molecule has 1 N–H and O–H groups in total. The van der Waals surface area contributed by atoms with Gasteiger partial charge in [-0.2, -0.15) is 0 Å². The molecular weight excluding hydrogens is 428 g/mol. The van der Waals surface area contributed by atoms with Gasteiger partial charge in [0.15, 0.2) is 0 Å². The van der Waals surface area contributed by atoms with E-state index >= 15 is 0 Å². The van der Waals surface area contributed by atoms with E-state index in [0.717, 1.165) is 39.6 Å². The lowest BCUT2D eigenvalue weighted by Gasteiger charge is -2.30. The number of ether oxygens (including phenoxy) is 1. The number of nitrogens with one attached hydrogen (secondary N) is 1. The maximum atomic E-state index is 12.7. The number of halogens is 1. The number of imide groups is 1. The molecule has 2 aliphatic rings. The van der Waals surface area contributed by atoms with Crippen molar-refractivity contribution in [1.82, 2.24) is 10.2 Å². The Bertz CT molecular complexity index is 932. The molecule has 2 fully saturated rings. The van der Waals surface area contributed by atoms with Crippen LogP contribution in [0, 0.1) is 0 Å². The summed E-state index contributed by atoms with van der Waals surface area (Å²) in [4.78, 5) is 38.0. The quantitative estimate of drug-likeness (QED) is 0.557. The van der Waals surface area contributed by atoms with Crippen LogP contribution in [-0.2, 0) is 20.7 Å². The summed E-state index contributed by atoms with van der Waals surface area (Å²) in [5, 5.41) is 3.75. The lowest BCUT2D eigenvalue weighted by molar-refractivity contribution is -0.148. The second-order valence-electron chi connectivity index (χ2n) is 7.33. The van der Waals surface area contributed by atoms with Gasteiger partial charge in [-0.05, 0) is 37.1 Å². The maximum Gasteiger partial charge on any atom is 0.326 e. The average molecular weight is 449 g/mol. The van der Waals surface area contributed by atoms with E-state index in [2.05, 4.69) is 21.2 Å². The molecule has 2 heterocycles. The van der Waals surface area contributed by atoms with Gasteiger partial charge in [0, 0.05) is 16.3 Å². The fourth-order valence-electron chi connectivity index (χ4n) is 3.95. The van der Waals surface area contributed by atoms with E-state index in [4.69, 9.17) is 9.15 Å². The average Bonchev–Trinajstić information content (AvgIpc) is 3.16. The predicted octanol–water partition coefficient (Wildman–Crippen LogP) is 3.54. The standard InChI is InChI=1S/C20H21BrN2O5/c21-14-4-5-16-13(10-14)11-15(28-16)6-9-27-17(24)12-23-18(25)20(22-19(23)26)7-2-1-3-8-20/h4-5,10-11H,1-3,6-9,12H2,(H,22,26). The summed E-state index contributed by atoms with van der Waals surface area (Å²) in [6.45, 7) is -0.242. The minimum Gasteiger partial charge on any atom is -0.464 e. The fourth-order valence-corrected chi connectivity index (χ4v) is 4.33. The Hall–Kier alpha value is -2.35. The summed E-state index contributed by atoms with van der Waals surface area (Å²) < 4.78 is 11.9. The van der Waals surface area contributed by atoms with Crippen molar-refractivity contribution in [1.29, 1.82) is 0 Å². The lowest BCUT2D eigenvalue weighted by Crippen LogP contribution is -2.48. The van der Waals surface area contributed by atoms with Crippen LogP contribution in [0.1, 0.15) is 37.9 Å². The molecule has 2 aromatic rings. The highest BCUT2D eigenvalue weighted by molar-refractivity contribution is 9.10. The minimum atomic E-state index is -0.821. The summed E-state index contributed by atoms with van der Waals surface area (Å²) >= 11 is 3.42. The summed E-state index contributed by atoms with van der Waals surface area (Å²) in [5.41, 5.74) is -0.0559. The molecule has 3 amide bonds. The van der Waals surface area contributed by atoms with E-state index in [-0.39, 0.29) is 19.1 Å². The molecule has 1 saturated carbocycles. The SMILES string of the molecule is O=C(CN1C(=O)NC2(CCCCC2)C1=O)OCCc1cc2cc(Br)ccc2o1. The number of urea groups is 1. The van der Waals surface area contributed by atoms with Crippen LogP contribution in [0.4, 0.5) is 4.79 Å². The highest BCUT2D eigenvalue weighted by Gasteiger charge is 2.51. The third-order valence-corrected chi connectivity index (χ3v) is 5.87. The van der Waals surface area contributed by atoms with E-state index in [0.29, 0.717) is 25.0 Å². The first-order valence-corrected chi connectivity index (χ1v) is 10.2. The van der Waals surface area contributed by atoms with Gasteiger partial charge in [0.25, 0.3) is 5.91 Å². The highest BCUT2D eigenvalue weighted by Crippen LogP contribution is 2.33. The van der Waals surface area contributed by atoms with E-state index < -0.39 is 17.5 Å². The third-order valence-electron chi connectivity index (χ3n) is 5.38. The van der Waals surface area contributed by atoms with Crippen molar-refractivity contribution >= 4 is 44.8 Å². The van der Waals surface area contributed by atoms with Crippen molar-refractivity contribution in [2.75, 3.05) is 13.2 Å². The third kappa shape index (κ3) is 3.65. The summed E-state index contributed by atoms with van der Waals surface area (Å²) in [6, 6.07) is 7.11. The second kappa shape index (κ2) is 7.58. The number of furan rings is 1. The molecule has 1 aromatic carbocycles. The number of nitrogens with zero attached hydrogens (tertiary/aromatic N) is 1. The normalized spacial score (nSPS) is 18.7. The molecule has 1 aromatic heterocycles. The smallest absolute Gasteiger partial charge is 0.326 e. The Morgan fingerprint density at radius 1 is 1.21 bits per heavy atom. The van der Waals surface area contributed by atoms with Crippen molar-refractivity contribution < 1.29 is 23.5 Å². The van der Waals surface area contributed by atoms with Gasteiger partial charge in [0.2, 0.25) is 0 Å². The Morgan fingerprint density at radius 2 is 2.00 bits per heavy atom. The number of fused-ring (bicyclic) bond motifs is 1. The zero-order valence-electron chi connectivity index (χ0n) is 15.3. The molecule has 1 spiro atoms. The molecule has 28 heavy (non-hydrogen) atoms. The maximum absolute atomic E-state index is 12.7. The van der Waals surface area contributed by atoms with Gasteiger partial charge in [-0.25, -0.2) is 4.79 Å². The van der Waals surface area contributed by atoms with Crippen LogP contribution < -0.4 is 5.32 Å². The predicted molar refractivity (Wildman–Crippen MR) is 105 cm³/mol. The van der Waals surface area contributed by atoms with Crippen LogP contribution in [-0.4, -0.2) is 41.5 Å². The topological polar surface area (TPSA) is 88.9 Å².